The van der Waals surface area contributed by atoms with Gasteiger partial charge in [-0.05, 0) is 23.3 Å². The first-order valence-corrected chi connectivity index (χ1v) is 7.19. The largest absolute Gasteiger partial charge is 0.368 e. The van der Waals surface area contributed by atoms with E-state index in [1.54, 1.807) is 6.07 Å². The molecule has 1 atom stereocenters. The van der Waals surface area contributed by atoms with Crippen LogP contribution in [0.15, 0.2) is 48.8 Å². The monoisotopic (exact) mass is 309 g/mol. The molecule has 1 aliphatic rings. The highest BCUT2D eigenvalue weighted by atomic mass is 16.2. The lowest BCUT2D eigenvalue weighted by atomic mass is 9.93. The number of nitrogens with zero attached hydrogens (tertiary/aromatic N) is 2. The first kappa shape index (κ1) is 14.9. The smallest absolute Gasteiger partial charge is 0.296 e. The van der Waals surface area contributed by atoms with Gasteiger partial charge in [-0.15, -0.1) is 0 Å². The molecule has 6 heteroatoms. The maximum Gasteiger partial charge on any atom is 0.296 e. The highest BCUT2D eigenvalue weighted by Gasteiger charge is 2.36. The van der Waals surface area contributed by atoms with Crippen LogP contribution in [0.5, 0.6) is 0 Å². The van der Waals surface area contributed by atoms with E-state index in [2.05, 4.69) is 4.98 Å². The fraction of sp³-hybridized carbons (Fsp3) is 0.176. The number of primary amides is 1. The fourth-order valence-electron chi connectivity index (χ4n) is 2.74. The summed E-state index contributed by atoms with van der Waals surface area (Å²) in [5, 5.41) is 0. The minimum atomic E-state index is -0.821. The maximum atomic E-state index is 12.6. The van der Waals surface area contributed by atoms with Crippen LogP contribution in [0.2, 0.25) is 0 Å². The van der Waals surface area contributed by atoms with Crippen molar-refractivity contribution in [1.82, 2.24) is 9.88 Å². The van der Waals surface area contributed by atoms with E-state index in [9.17, 15) is 14.4 Å². The summed E-state index contributed by atoms with van der Waals surface area (Å²) < 4.78 is 0. The Morgan fingerprint density at radius 3 is 2.48 bits per heavy atom. The molecule has 0 unspecified atom stereocenters. The second-order valence-electron chi connectivity index (χ2n) is 5.39. The average Bonchev–Trinajstić information content (AvgIpc) is 2.60. The molecule has 6 nitrogen and oxygen atoms in total. The summed E-state index contributed by atoms with van der Waals surface area (Å²) in [5.74, 6) is -2.05. The number of aromatic nitrogens is 1. The SMILES string of the molecule is NC(=O)[C@H]1Cc2ccccc2CN1C(=O)C(=O)c1cccnc1. The predicted octanol–water partition coefficient (Wildman–Crippen LogP) is 0.703. The van der Waals surface area contributed by atoms with Gasteiger partial charge in [0.25, 0.3) is 11.7 Å². The standard InChI is InChI=1S/C17H15N3O3/c18-16(22)14-8-11-4-1-2-5-13(11)10-20(14)17(23)15(21)12-6-3-7-19-9-12/h1-7,9,14H,8,10H2,(H2,18,22)/t14-/m1/s1. The van der Waals surface area contributed by atoms with Crippen molar-refractivity contribution in [1.29, 1.82) is 0 Å². The van der Waals surface area contributed by atoms with Gasteiger partial charge in [0.1, 0.15) is 6.04 Å². The van der Waals surface area contributed by atoms with Gasteiger partial charge in [0.2, 0.25) is 5.91 Å². The van der Waals surface area contributed by atoms with Crippen LogP contribution in [-0.2, 0) is 22.6 Å². The summed E-state index contributed by atoms with van der Waals surface area (Å²) in [7, 11) is 0. The number of hydrogen-bond donors (Lipinski definition) is 1. The molecule has 0 aliphatic carbocycles. The summed E-state index contributed by atoms with van der Waals surface area (Å²) in [6.45, 7) is 0.189. The number of carbonyl (C=O) groups is 3. The summed E-state index contributed by atoms with van der Waals surface area (Å²) in [6, 6.07) is 9.78. The molecule has 3 rings (SSSR count). The van der Waals surface area contributed by atoms with Gasteiger partial charge >= 0.3 is 0 Å². The number of ketones is 1. The Balaban J connectivity index is 1.92. The molecule has 0 fully saturated rings. The van der Waals surface area contributed by atoms with Crippen molar-refractivity contribution in [3.05, 3.63) is 65.5 Å². The van der Waals surface area contributed by atoms with Gasteiger partial charge in [0.15, 0.2) is 0 Å². The van der Waals surface area contributed by atoms with Gasteiger partial charge in [-0.3, -0.25) is 19.4 Å². The number of hydrogen-bond acceptors (Lipinski definition) is 4. The Morgan fingerprint density at radius 2 is 1.83 bits per heavy atom. The number of carbonyl (C=O) groups excluding carboxylic acids is 3. The molecule has 23 heavy (non-hydrogen) atoms. The van der Waals surface area contributed by atoms with Crippen LogP contribution in [0.25, 0.3) is 0 Å². The molecule has 0 saturated carbocycles. The van der Waals surface area contributed by atoms with Crippen molar-refractivity contribution in [2.45, 2.75) is 19.0 Å². The van der Waals surface area contributed by atoms with Gasteiger partial charge in [0.05, 0.1) is 0 Å². The molecule has 0 spiro atoms. The molecule has 1 aromatic carbocycles. The summed E-state index contributed by atoms with van der Waals surface area (Å²) in [5.41, 5.74) is 7.51. The molecular formula is C17H15N3O3. The van der Waals surface area contributed by atoms with Gasteiger partial charge in [0, 0.05) is 30.9 Å². The number of nitrogens with two attached hydrogens (primary N) is 1. The lowest BCUT2D eigenvalue weighted by molar-refractivity contribution is -0.136. The molecule has 1 aliphatic heterocycles. The lowest BCUT2D eigenvalue weighted by Crippen LogP contribution is -2.53. The molecule has 1 aromatic heterocycles. The molecule has 2 amide bonds. The summed E-state index contributed by atoms with van der Waals surface area (Å²) >= 11 is 0. The minimum Gasteiger partial charge on any atom is -0.368 e. The normalized spacial score (nSPS) is 16.5. The van der Waals surface area contributed by atoms with Crippen LogP contribution in [0, 0.1) is 0 Å². The van der Waals surface area contributed by atoms with Gasteiger partial charge in [-0.25, -0.2) is 0 Å². The van der Waals surface area contributed by atoms with Crippen molar-refractivity contribution in [3.63, 3.8) is 0 Å². The van der Waals surface area contributed by atoms with Crippen molar-refractivity contribution in [2.75, 3.05) is 0 Å². The summed E-state index contributed by atoms with van der Waals surface area (Å²) in [6.07, 6.45) is 3.17. The maximum absolute atomic E-state index is 12.6. The van der Waals surface area contributed by atoms with Crippen molar-refractivity contribution < 1.29 is 14.4 Å². The lowest BCUT2D eigenvalue weighted by Gasteiger charge is -2.34. The molecule has 2 N–H and O–H groups in total. The van der Waals surface area contributed by atoms with E-state index in [4.69, 9.17) is 5.73 Å². The second-order valence-corrected chi connectivity index (χ2v) is 5.39. The number of Topliss-reactive ketones (excluding diaryl/α,β-unsaturated/α-hetero) is 1. The number of pyridine rings is 1. The van der Waals surface area contributed by atoms with Crippen molar-refractivity contribution in [3.8, 4) is 0 Å². The van der Waals surface area contributed by atoms with Crippen LogP contribution < -0.4 is 5.73 Å². The van der Waals surface area contributed by atoms with Gasteiger partial charge < -0.3 is 10.6 Å². The third-order valence-corrected chi connectivity index (χ3v) is 3.96. The molecule has 2 heterocycles. The van der Waals surface area contributed by atoms with E-state index in [0.717, 1.165) is 11.1 Å². The minimum absolute atomic E-state index is 0.189. The Kier molecular flexibility index (Phi) is 3.89. The first-order valence-electron chi connectivity index (χ1n) is 7.19. The average molecular weight is 309 g/mol. The number of benzene rings is 1. The topological polar surface area (TPSA) is 93.4 Å². The Morgan fingerprint density at radius 1 is 1.09 bits per heavy atom. The molecule has 0 radical (unpaired) electrons. The number of fused-ring (bicyclic) bond motifs is 1. The number of amides is 2. The third-order valence-electron chi connectivity index (χ3n) is 3.96. The molecular weight excluding hydrogens is 294 g/mol. The van der Waals surface area contributed by atoms with Crippen LogP contribution in [-0.4, -0.2) is 33.5 Å². The van der Waals surface area contributed by atoms with E-state index in [-0.39, 0.29) is 12.1 Å². The number of rotatable bonds is 3. The van der Waals surface area contributed by atoms with E-state index >= 15 is 0 Å². The van der Waals surface area contributed by atoms with Crippen LogP contribution in [0.4, 0.5) is 0 Å². The fourth-order valence-corrected chi connectivity index (χ4v) is 2.74. The van der Waals surface area contributed by atoms with Crippen molar-refractivity contribution in [2.24, 2.45) is 5.73 Å². The van der Waals surface area contributed by atoms with E-state index < -0.39 is 23.6 Å². The van der Waals surface area contributed by atoms with Crippen LogP contribution >= 0.6 is 0 Å². The van der Waals surface area contributed by atoms with E-state index in [1.165, 1.54) is 23.4 Å². The van der Waals surface area contributed by atoms with Crippen LogP contribution in [0.3, 0.4) is 0 Å². The zero-order chi connectivity index (χ0) is 16.4. The van der Waals surface area contributed by atoms with Gasteiger partial charge in [-0.2, -0.15) is 0 Å². The van der Waals surface area contributed by atoms with E-state index in [1.807, 2.05) is 24.3 Å². The highest BCUT2D eigenvalue weighted by molar-refractivity contribution is 6.43. The Bertz CT molecular complexity index is 774. The zero-order valence-corrected chi connectivity index (χ0v) is 12.3. The second kappa shape index (κ2) is 6.00. The van der Waals surface area contributed by atoms with Crippen LogP contribution in [0.1, 0.15) is 21.5 Å². The Hall–Kier alpha value is -3.02. The Labute approximate surface area is 132 Å². The summed E-state index contributed by atoms with van der Waals surface area (Å²) in [4.78, 5) is 41.7. The quantitative estimate of drug-likeness (QED) is 0.667. The molecule has 0 saturated heterocycles. The van der Waals surface area contributed by atoms with Gasteiger partial charge in [-0.1, -0.05) is 24.3 Å². The molecule has 2 aromatic rings. The van der Waals surface area contributed by atoms with E-state index in [0.29, 0.717) is 6.42 Å². The molecule has 0 bridgehead atoms. The first-order chi connectivity index (χ1) is 11.1. The predicted molar refractivity (Wildman–Crippen MR) is 82.2 cm³/mol. The third kappa shape index (κ3) is 2.83. The van der Waals surface area contributed by atoms with Crippen molar-refractivity contribution >= 4 is 17.6 Å². The zero-order valence-electron chi connectivity index (χ0n) is 12.3. The molecule has 116 valence electrons. The highest BCUT2D eigenvalue weighted by Crippen LogP contribution is 2.24.